The van der Waals surface area contributed by atoms with E-state index in [2.05, 4.69) is 26.2 Å². The second-order valence-electron chi connectivity index (χ2n) is 4.32. The molecule has 0 atom stereocenters. The number of rotatable bonds is 2. The predicted molar refractivity (Wildman–Crippen MR) is 72.6 cm³/mol. The normalized spacial score (nSPS) is 16.7. The van der Waals surface area contributed by atoms with Gasteiger partial charge in [-0.05, 0) is 34.8 Å². The first kappa shape index (κ1) is 13.3. The van der Waals surface area contributed by atoms with Gasteiger partial charge in [0.2, 0.25) is 0 Å². The molecule has 0 aromatic carbocycles. The molecule has 2 rings (SSSR count). The Balaban J connectivity index is 2.20. The number of aromatic nitrogens is 1. The van der Waals surface area contributed by atoms with Gasteiger partial charge in [0.15, 0.2) is 0 Å². The molecule has 0 bridgehead atoms. The third kappa shape index (κ3) is 2.81. The molecule has 1 saturated heterocycles. The molecule has 18 heavy (non-hydrogen) atoms. The van der Waals surface area contributed by atoms with Crippen molar-refractivity contribution in [1.82, 2.24) is 9.88 Å². The van der Waals surface area contributed by atoms with Crippen molar-refractivity contribution in [2.75, 3.05) is 25.5 Å². The summed E-state index contributed by atoms with van der Waals surface area (Å²) in [6, 6.07) is 1.77. The van der Waals surface area contributed by atoms with Gasteiger partial charge in [-0.25, -0.2) is 4.98 Å². The summed E-state index contributed by atoms with van der Waals surface area (Å²) in [5.74, 6) is 0.536. The SMILES string of the molecule is CNc1ncc(Br)cc1C(=O)N1CCC(O)CC1. The molecule has 0 spiro atoms. The molecular formula is C12H16BrN3O2. The van der Waals surface area contributed by atoms with Gasteiger partial charge in [0.1, 0.15) is 5.82 Å². The first-order chi connectivity index (χ1) is 8.61. The van der Waals surface area contributed by atoms with Crippen LogP contribution in [0.3, 0.4) is 0 Å². The number of hydrogen-bond donors (Lipinski definition) is 2. The summed E-state index contributed by atoms with van der Waals surface area (Å²) in [5, 5.41) is 12.4. The van der Waals surface area contributed by atoms with Crippen molar-refractivity contribution in [2.45, 2.75) is 18.9 Å². The number of aliphatic hydroxyl groups excluding tert-OH is 1. The topological polar surface area (TPSA) is 65.5 Å². The molecule has 1 aromatic rings. The Morgan fingerprint density at radius 1 is 1.56 bits per heavy atom. The first-order valence-electron chi connectivity index (χ1n) is 5.92. The van der Waals surface area contributed by atoms with E-state index < -0.39 is 0 Å². The van der Waals surface area contributed by atoms with E-state index in [9.17, 15) is 9.90 Å². The fraction of sp³-hybridized carbons (Fsp3) is 0.500. The van der Waals surface area contributed by atoms with Crippen LogP contribution in [0.15, 0.2) is 16.7 Å². The minimum absolute atomic E-state index is 0.0416. The molecule has 1 aromatic heterocycles. The van der Waals surface area contributed by atoms with Crippen molar-refractivity contribution in [3.8, 4) is 0 Å². The zero-order valence-electron chi connectivity index (χ0n) is 10.2. The lowest BCUT2D eigenvalue weighted by atomic mass is 10.1. The van der Waals surface area contributed by atoms with Crippen LogP contribution >= 0.6 is 15.9 Å². The predicted octanol–water partition coefficient (Wildman–Crippen LogP) is 1.48. The molecule has 0 saturated carbocycles. The largest absolute Gasteiger partial charge is 0.393 e. The molecular weight excluding hydrogens is 298 g/mol. The van der Waals surface area contributed by atoms with Crippen molar-refractivity contribution >= 4 is 27.7 Å². The molecule has 1 fully saturated rings. The first-order valence-corrected chi connectivity index (χ1v) is 6.71. The van der Waals surface area contributed by atoms with Gasteiger partial charge in [0, 0.05) is 30.8 Å². The zero-order valence-corrected chi connectivity index (χ0v) is 11.8. The van der Waals surface area contributed by atoms with Crippen LogP contribution in [-0.2, 0) is 0 Å². The highest BCUT2D eigenvalue weighted by Gasteiger charge is 2.24. The van der Waals surface area contributed by atoms with Gasteiger partial charge in [-0.1, -0.05) is 0 Å². The van der Waals surface area contributed by atoms with Crippen LogP contribution in [0.2, 0.25) is 0 Å². The Labute approximate surface area is 114 Å². The zero-order chi connectivity index (χ0) is 13.1. The number of nitrogens with one attached hydrogen (secondary N) is 1. The minimum atomic E-state index is -0.279. The number of amides is 1. The van der Waals surface area contributed by atoms with E-state index in [-0.39, 0.29) is 12.0 Å². The van der Waals surface area contributed by atoms with Crippen LogP contribution in [0.1, 0.15) is 23.2 Å². The van der Waals surface area contributed by atoms with Crippen molar-refractivity contribution < 1.29 is 9.90 Å². The number of nitrogens with zero attached hydrogens (tertiary/aromatic N) is 2. The third-order valence-electron chi connectivity index (χ3n) is 3.07. The average molecular weight is 314 g/mol. The van der Waals surface area contributed by atoms with Gasteiger partial charge in [0.05, 0.1) is 11.7 Å². The number of anilines is 1. The van der Waals surface area contributed by atoms with E-state index in [1.165, 1.54) is 0 Å². The number of hydrogen-bond acceptors (Lipinski definition) is 4. The van der Waals surface area contributed by atoms with Crippen LogP contribution in [-0.4, -0.2) is 47.1 Å². The summed E-state index contributed by atoms with van der Waals surface area (Å²) in [4.78, 5) is 18.3. The van der Waals surface area contributed by atoms with Gasteiger partial charge in [-0.3, -0.25) is 4.79 Å². The van der Waals surface area contributed by atoms with Gasteiger partial charge in [0.25, 0.3) is 5.91 Å². The van der Waals surface area contributed by atoms with Crippen molar-refractivity contribution in [3.05, 3.63) is 22.3 Å². The Kier molecular flexibility index (Phi) is 4.19. The van der Waals surface area contributed by atoms with Crippen LogP contribution < -0.4 is 5.32 Å². The minimum Gasteiger partial charge on any atom is -0.393 e. The molecule has 0 radical (unpaired) electrons. The van der Waals surface area contributed by atoms with Gasteiger partial charge in [-0.2, -0.15) is 0 Å². The molecule has 5 nitrogen and oxygen atoms in total. The highest BCUT2D eigenvalue weighted by Crippen LogP contribution is 2.21. The maximum atomic E-state index is 12.4. The molecule has 1 aliphatic heterocycles. The van der Waals surface area contributed by atoms with Crippen LogP contribution in [0.25, 0.3) is 0 Å². The third-order valence-corrected chi connectivity index (χ3v) is 3.51. The lowest BCUT2D eigenvalue weighted by Gasteiger charge is -2.30. The van der Waals surface area contributed by atoms with E-state index in [0.29, 0.717) is 37.3 Å². The lowest BCUT2D eigenvalue weighted by molar-refractivity contribution is 0.0547. The summed E-state index contributed by atoms with van der Waals surface area (Å²) in [5.41, 5.74) is 0.559. The lowest BCUT2D eigenvalue weighted by Crippen LogP contribution is -2.40. The Hall–Kier alpha value is -1.14. The number of halogens is 1. The van der Waals surface area contributed by atoms with E-state index in [1.54, 1.807) is 24.2 Å². The van der Waals surface area contributed by atoms with E-state index in [1.807, 2.05) is 0 Å². The molecule has 98 valence electrons. The highest BCUT2D eigenvalue weighted by atomic mass is 79.9. The maximum Gasteiger partial charge on any atom is 0.257 e. The summed E-state index contributed by atoms with van der Waals surface area (Å²) >= 11 is 3.33. The molecule has 0 aliphatic carbocycles. The molecule has 0 unspecified atom stereocenters. The van der Waals surface area contributed by atoms with Gasteiger partial charge >= 0.3 is 0 Å². The molecule has 1 amide bonds. The summed E-state index contributed by atoms with van der Waals surface area (Å²) in [6.07, 6.45) is 2.66. The average Bonchev–Trinajstić information content (AvgIpc) is 2.39. The number of aliphatic hydroxyl groups is 1. The smallest absolute Gasteiger partial charge is 0.257 e. The summed E-state index contributed by atoms with van der Waals surface area (Å²) < 4.78 is 0.780. The van der Waals surface area contributed by atoms with E-state index >= 15 is 0 Å². The van der Waals surface area contributed by atoms with Gasteiger partial charge < -0.3 is 15.3 Å². The molecule has 1 aliphatic rings. The Morgan fingerprint density at radius 3 is 2.83 bits per heavy atom. The molecule has 2 N–H and O–H groups in total. The highest BCUT2D eigenvalue weighted by molar-refractivity contribution is 9.10. The van der Waals surface area contributed by atoms with E-state index in [4.69, 9.17) is 0 Å². The van der Waals surface area contributed by atoms with Crippen LogP contribution in [0.5, 0.6) is 0 Å². The number of carbonyl (C=O) groups is 1. The second kappa shape index (κ2) is 5.67. The fourth-order valence-corrected chi connectivity index (χ4v) is 2.37. The standard InChI is InChI=1S/C12H16BrN3O2/c1-14-11-10(6-8(13)7-15-11)12(18)16-4-2-9(17)3-5-16/h6-7,9,17H,2-5H2,1H3,(H,14,15). The quantitative estimate of drug-likeness (QED) is 0.868. The van der Waals surface area contributed by atoms with Crippen molar-refractivity contribution in [3.63, 3.8) is 0 Å². The number of carbonyl (C=O) groups excluding carboxylic acids is 1. The molecule has 6 heteroatoms. The maximum absolute atomic E-state index is 12.4. The number of likely N-dealkylation sites (tertiary alicyclic amines) is 1. The van der Waals surface area contributed by atoms with Crippen LogP contribution in [0, 0.1) is 0 Å². The van der Waals surface area contributed by atoms with Crippen molar-refractivity contribution in [1.29, 1.82) is 0 Å². The number of pyridine rings is 1. The van der Waals surface area contributed by atoms with Crippen LogP contribution in [0.4, 0.5) is 5.82 Å². The Bertz CT molecular complexity index is 445. The summed E-state index contributed by atoms with van der Waals surface area (Å²) in [6.45, 7) is 1.19. The van der Waals surface area contributed by atoms with E-state index in [0.717, 1.165) is 4.47 Å². The van der Waals surface area contributed by atoms with Crippen molar-refractivity contribution in [2.24, 2.45) is 0 Å². The molecule has 2 heterocycles. The van der Waals surface area contributed by atoms with Gasteiger partial charge in [-0.15, -0.1) is 0 Å². The number of piperidine rings is 1. The second-order valence-corrected chi connectivity index (χ2v) is 5.24. The summed E-state index contributed by atoms with van der Waals surface area (Å²) in [7, 11) is 1.74. The fourth-order valence-electron chi connectivity index (χ4n) is 2.04. The monoisotopic (exact) mass is 313 g/mol. The Morgan fingerprint density at radius 2 is 2.22 bits per heavy atom.